The van der Waals surface area contributed by atoms with E-state index in [4.69, 9.17) is 0 Å². The molecule has 0 atom stereocenters. The van der Waals surface area contributed by atoms with Crippen LogP contribution in [0.5, 0.6) is 0 Å². The average Bonchev–Trinajstić information content (AvgIpc) is 3.09. The predicted octanol–water partition coefficient (Wildman–Crippen LogP) is 3.22. The maximum absolute atomic E-state index is 12.2. The summed E-state index contributed by atoms with van der Waals surface area (Å²) in [5.74, 6) is 0.662. The fourth-order valence-electron chi connectivity index (χ4n) is 3.30. The van der Waals surface area contributed by atoms with E-state index >= 15 is 0 Å². The first-order valence-corrected chi connectivity index (χ1v) is 8.35. The van der Waals surface area contributed by atoms with Crippen molar-refractivity contribution in [1.29, 1.82) is 0 Å². The molecular weight excluding hydrogens is 274 g/mol. The lowest BCUT2D eigenvalue weighted by Gasteiger charge is -2.35. The van der Waals surface area contributed by atoms with Crippen LogP contribution in [0.15, 0.2) is 42.6 Å². The van der Waals surface area contributed by atoms with Crippen molar-refractivity contribution in [1.82, 2.24) is 10.2 Å². The molecule has 1 N–H and O–H groups in total. The molecule has 0 unspecified atom stereocenters. The highest BCUT2D eigenvalue weighted by atomic mass is 16.2. The first-order chi connectivity index (χ1) is 10.8. The third-order valence-corrected chi connectivity index (χ3v) is 4.66. The molecule has 0 radical (unpaired) electrons. The number of carbonyl (C=O) groups is 1. The standard InChI is InChI=1S/C18H25N3O/c22-18(19-11-10-16-6-4-5-7-16)21-14-12-20(13-15-21)17-8-2-1-3-9-17/h1-3,8-11,16H,4-7,12-15H2,(H,19,22)/b11-10+. The summed E-state index contributed by atoms with van der Waals surface area (Å²) in [6.45, 7) is 3.34. The van der Waals surface area contributed by atoms with Crippen LogP contribution in [0, 0.1) is 5.92 Å². The van der Waals surface area contributed by atoms with Crippen molar-refractivity contribution in [3.63, 3.8) is 0 Å². The smallest absolute Gasteiger partial charge is 0.321 e. The third kappa shape index (κ3) is 3.81. The van der Waals surface area contributed by atoms with Crippen molar-refractivity contribution in [3.8, 4) is 0 Å². The fraction of sp³-hybridized carbons (Fsp3) is 0.500. The minimum absolute atomic E-state index is 0.0296. The molecule has 2 fully saturated rings. The molecule has 0 aromatic heterocycles. The Morgan fingerprint density at radius 2 is 1.73 bits per heavy atom. The molecule has 4 nitrogen and oxygen atoms in total. The van der Waals surface area contributed by atoms with Crippen molar-refractivity contribution in [2.75, 3.05) is 31.1 Å². The molecule has 1 saturated heterocycles. The van der Waals surface area contributed by atoms with E-state index in [0.29, 0.717) is 5.92 Å². The normalized spacial score (nSPS) is 19.8. The van der Waals surface area contributed by atoms with Crippen LogP contribution in [0.4, 0.5) is 10.5 Å². The summed E-state index contributed by atoms with van der Waals surface area (Å²) in [5, 5.41) is 2.92. The Bertz CT molecular complexity index is 500. The van der Waals surface area contributed by atoms with Crippen molar-refractivity contribution in [2.24, 2.45) is 5.92 Å². The van der Waals surface area contributed by atoms with Crippen LogP contribution in [0.3, 0.4) is 0 Å². The summed E-state index contributed by atoms with van der Waals surface area (Å²) >= 11 is 0. The number of hydrogen-bond donors (Lipinski definition) is 1. The summed E-state index contributed by atoms with van der Waals surface area (Å²) in [5.41, 5.74) is 1.24. The molecule has 22 heavy (non-hydrogen) atoms. The van der Waals surface area contributed by atoms with E-state index in [1.807, 2.05) is 17.2 Å². The Kier molecular flexibility index (Phi) is 4.99. The number of rotatable bonds is 3. The van der Waals surface area contributed by atoms with Gasteiger partial charge in [0.25, 0.3) is 0 Å². The molecular formula is C18H25N3O. The van der Waals surface area contributed by atoms with Gasteiger partial charge in [0.2, 0.25) is 0 Å². The van der Waals surface area contributed by atoms with Crippen molar-refractivity contribution in [2.45, 2.75) is 25.7 Å². The summed E-state index contributed by atoms with van der Waals surface area (Å²) in [7, 11) is 0. The lowest BCUT2D eigenvalue weighted by molar-refractivity contribution is 0.198. The number of benzene rings is 1. The topological polar surface area (TPSA) is 35.6 Å². The van der Waals surface area contributed by atoms with Gasteiger partial charge >= 0.3 is 6.03 Å². The second-order valence-electron chi connectivity index (χ2n) is 6.16. The van der Waals surface area contributed by atoms with E-state index in [1.165, 1.54) is 31.4 Å². The van der Waals surface area contributed by atoms with Gasteiger partial charge < -0.3 is 15.1 Å². The number of nitrogens with zero attached hydrogens (tertiary/aromatic N) is 2. The Morgan fingerprint density at radius 1 is 1.05 bits per heavy atom. The SMILES string of the molecule is O=C(N/C=C/C1CCCC1)N1CCN(c2ccccc2)CC1. The first-order valence-electron chi connectivity index (χ1n) is 8.35. The number of anilines is 1. The Hall–Kier alpha value is -1.97. The monoisotopic (exact) mass is 299 g/mol. The predicted molar refractivity (Wildman–Crippen MR) is 89.9 cm³/mol. The molecule has 2 aliphatic rings. The first kappa shape index (κ1) is 14.9. The van der Waals surface area contributed by atoms with E-state index in [0.717, 1.165) is 26.2 Å². The minimum atomic E-state index is 0.0296. The molecule has 1 heterocycles. The Labute approximate surface area is 132 Å². The van der Waals surface area contributed by atoms with Crippen LogP contribution in [0.2, 0.25) is 0 Å². The lowest BCUT2D eigenvalue weighted by Crippen LogP contribution is -2.51. The van der Waals surface area contributed by atoms with E-state index in [9.17, 15) is 4.79 Å². The second-order valence-corrected chi connectivity index (χ2v) is 6.16. The molecule has 1 aromatic rings. The van der Waals surface area contributed by atoms with Crippen LogP contribution >= 0.6 is 0 Å². The largest absolute Gasteiger partial charge is 0.368 e. The van der Waals surface area contributed by atoms with Crippen LogP contribution in [-0.2, 0) is 0 Å². The molecule has 0 spiro atoms. The van der Waals surface area contributed by atoms with Gasteiger partial charge in [-0.25, -0.2) is 4.79 Å². The quantitative estimate of drug-likeness (QED) is 0.930. The summed E-state index contributed by atoms with van der Waals surface area (Å²) < 4.78 is 0. The molecule has 1 aromatic carbocycles. The molecule has 1 aliphatic carbocycles. The van der Waals surface area contributed by atoms with Gasteiger partial charge in [0.1, 0.15) is 0 Å². The average molecular weight is 299 g/mol. The highest BCUT2D eigenvalue weighted by Crippen LogP contribution is 2.25. The lowest BCUT2D eigenvalue weighted by atomic mass is 10.1. The summed E-state index contributed by atoms with van der Waals surface area (Å²) in [6.07, 6.45) is 9.19. The van der Waals surface area contributed by atoms with Crippen LogP contribution in [-0.4, -0.2) is 37.1 Å². The number of nitrogens with one attached hydrogen (secondary N) is 1. The number of allylic oxidation sites excluding steroid dienone is 1. The molecule has 1 aliphatic heterocycles. The minimum Gasteiger partial charge on any atom is -0.368 e. The van der Waals surface area contributed by atoms with Crippen molar-refractivity contribution >= 4 is 11.7 Å². The van der Waals surface area contributed by atoms with Gasteiger partial charge in [-0.05, 0) is 30.9 Å². The van der Waals surface area contributed by atoms with Crippen molar-refractivity contribution < 1.29 is 4.79 Å². The van der Waals surface area contributed by atoms with Gasteiger partial charge in [0.15, 0.2) is 0 Å². The van der Waals surface area contributed by atoms with Gasteiger partial charge in [0.05, 0.1) is 0 Å². The highest BCUT2D eigenvalue weighted by Gasteiger charge is 2.20. The van der Waals surface area contributed by atoms with E-state index < -0.39 is 0 Å². The maximum Gasteiger partial charge on any atom is 0.321 e. The fourth-order valence-corrected chi connectivity index (χ4v) is 3.30. The zero-order chi connectivity index (χ0) is 15.2. The molecule has 3 rings (SSSR count). The van der Waals surface area contributed by atoms with Gasteiger partial charge in [0, 0.05) is 38.1 Å². The Morgan fingerprint density at radius 3 is 2.41 bits per heavy atom. The zero-order valence-electron chi connectivity index (χ0n) is 13.1. The Balaban J connectivity index is 1.43. The molecule has 1 saturated carbocycles. The second kappa shape index (κ2) is 7.34. The number of carbonyl (C=O) groups excluding carboxylic acids is 1. The van der Waals surface area contributed by atoms with E-state index in [2.05, 4.69) is 40.6 Å². The maximum atomic E-state index is 12.2. The van der Waals surface area contributed by atoms with Crippen LogP contribution in [0.1, 0.15) is 25.7 Å². The number of para-hydroxylation sites is 1. The van der Waals surface area contributed by atoms with E-state index in [-0.39, 0.29) is 6.03 Å². The number of amides is 2. The molecule has 0 bridgehead atoms. The van der Waals surface area contributed by atoms with Crippen molar-refractivity contribution in [3.05, 3.63) is 42.6 Å². The highest BCUT2D eigenvalue weighted by molar-refractivity contribution is 5.75. The number of hydrogen-bond acceptors (Lipinski definition) is 2. The van der Waals surface area contributed by atoms with Gasteiger partial charge in [-0.15, -0.1) is 0 Å². The summed E-state index contributed by atoms with van der Waals surface area (Å²) in [4.78, 5) is 16.4. The summed E-state index contributed by atoms with van der Waals surface area (Å²) in [6, 6.07) is 10.4. The molecule has 118 valence electrons. The molecule has 4 heteroatoms. The molecule has 2 amide bonds. The number of urea groups is 1. The third-order valence-electron chi connectivity index (χ3n) is 4.66. The van der Waals surface area contributed by atoms with Gasteiger partial charge in [-0.2, -0.15) is 0 Å². The zero-order valence-corrected chi connectivity index (χ0v) is 13.1. The van der Waals surface area contributed by atoms with E-state index in [1.54, 1.807) is 0 Å². The van der Waals surface area contributed by atoms with Crippen LogP contribution < -0.4 is 10.2 Å². The van der Waals surface area contributed by atoms with Crippen LogP contribution in [0.25, 0.3) is 0 Å². The van der Waals surface area contributed by atoms with Gasteiger partial charge in [-0.1, -0.05) is 37.1 Å². The number of piperazine rings is 1. The van der Waals surface area contributed by atoms with Gasteiger partial charge in [-0.3, -0.25) is 0 Å².